The summed E-state index contributed by atoms with van der Waals surface area (Å²) in [6, 6.07) is 0. The largest absolute Gasteiger partial charge is 0.465 e. The highest BCUT2D eigenvalue weighted by molar-refractivity contribution is 6.08. The van der Waals surface area contributed by atoms with Crippen LogP contribution in [0.25, 0.3) is 0 Å². The Bertz CT molecular complexity index is 393. The third-order valence-corrected chi connectivity index (χ3v) is 2.16. The number of carboxylic acid groups (broad SMARTS) is 1. The number of hydrogen-bond donors (Lipinski definition) is 1. The van der Waals surface area contributed by atoms with E-state index in [2.05, 4.69) is 4.99 Å². The van der Waals surface area contributed by atoms with Gasteiger partial charge in [-0.25, -0.2) is 4.79 Å². The van der Waals surface area contributed by atoms with Gasteiger partial charge in [-0.05, 0) is 6.08 Å². The lowest BCUT2D eigenvalue weighted by Crippen LogP contribution is -2.33. The summed E-state index contributed by atoms with van der Waals surface area (Å²) in [5.74, 6) is -0.0990. The smallest absolute Gasteiger partial charge is 0.411 e. The van der Waals surface area contributed by atoms with Gasteiger partial charge in [0.05, 0.1) is 6.54 Å². The van der Waals surface area contributed by atoms with Crippen LogP contribution in [0.1, 0.15) is 0 Å². The van der Waals surface area contributed by atoms with Gasteiger partial charge < -0.3 is 5.11 Å². The van der Waals surface area contributed by atoms with Crippen LogP contribution in [0.5, 0.6) is 0 Å². The molecule has 0 radical (unpaired) electrons. The Kier molecular flexibility index (Phi) is 1.92. The standard InChI is InChI=1S/C9H8N2O3/c12-8-4-10-3-6-1-2-11(9(13)14)5-7(6)8/h1-3H,4-5H2,(H,13,14). The monoisotopic (exact) mass is 192 g/mol. The van der Waals surface area contributed by atoms with Gasteiger partial charge in [-0.15, -0.1) is 0 Å². The van der Waals surface area contributed by atoms with Crippen molar-refractivity contribution >= 4 is 18.1 Å². The van der Waals surface area contributed by atoms with Crippen LogP contribution in [-0.2, 0) is 4.79 Å². The lowest BCUT2D eigenvalue weighted by Gasteiger charge is -2.22. The van der Waals surface area contributed by atoms with Crippen molar-refractivity contribution in [3.8, 4) is 0 Å². The highest BCUT2D eigenvalue weighted by atomic mass is 16.4. The minimum atomic E-state index is -1.05. The first-order chi connectivity index (χ1) is 6.68. The van der Waals surface area contributed by atoms with Crippen LogP contribution in [0.3, 0.4) is 0 Å². The molecule has 2 aliphatic heterocycles. The Morgan fingerprint density at radius 1 is 1.57 bits per heavy atom. The van der Waals surface area contributed by atoms with Crippen molar-refractivity contribution in [3.05, 3.63) is 23.4 Å². The maximum atomic E-state index is 11.4. The first kappa shape index (κ1) is 8.68. The molecule has 0 fully saturated rings. The lowest BCUT2D eigenvalue weighted by atomic mass is 9.99. The average molecular weight is 192 g/mol. The van der Waals surface area contributed by atoms with Gasteiger partial charge in [0.1, 0.15) is 6.54 Å². The highest BCUT2D eigenvalue weighted by Gasteiger charge is 2.23. The summed E-state index contributed by atoms with van der Waals surface area (Å²) in [4.78, 5) is 27.0. The number of rotatable bonds is 0. The number of nitrogens with zero attached hydrogens (tertiary/aromatic N) is 2. The number of carbonyl (C=O) groups excluding carboxylic acids is 1. The number of hydrogen-bond acceptors (Lipinski definition) is 3. The van der Waals surface area contributed by atoms with Gasteiger partial charge in [0.15, 0.2) is 5.78 Å². The number of dihydropyridines is 1. The van der Waals surface area contributed by atoms with Crippen molar-refractivity contribution in [1.29, 1.82) is 0 Å². The van der Waals surface area contributed by atoms with E-state index in [0.29, 0.717) is 5.57 Å². The molecule has 2 aliphatic rings. The molecule has 2 heterocycles. The molecule has 14 heavy (non-hydrogen) atoms. The average Bonchev–Trinajstić information content (AvgIpc) is 2.18. The molecule has 1 N–H and O–H groups in total. The Labute approximate surface area is 80.0 Å². The van der Waals surface area contributed by atoms with Crippen molar-refractivity contribution < 1.29 is 14.7 Å². The molecule has 72 valence electrons. The van der Waals surface area contributed by atoms with Crippen LogP contribution in [0.4, 0.5) is 4.79 Å². The van der Waals surface area contributed by atoms with Crippen LogP contribution < -0.4 is 0 Å². The topological polar surface area (TPSA) is 70.0 Å². The normalized spacial score (nSPS) is 20.0. The summed E-state index contributed by atoms with van der Waals surface area (Å²) >= 11 is 0. The van der Waals surface area contributed by atoms with Crippen molar-refractivity contribution in [2.24, 2.45) is 4.99 Å². The predicted molar refractivity (Wildman–Crippen MR) is 49.3 cm³/mol. The van der Waals surface area contributed by atoms with Crippen LogP contribution in [0, 0.1) is 0 Å². The van der Waals surface area contributed by atoms with E-state index in [0.717, 1.165) is 10.5 Å². The van der Waals surface area contributed by atoms with E-state index in [9.17, 15) is 9.59 Å². The molecule has 0 spiro atoms. The number of aliphatic imine (C=N–C) groups is 1. The maximum Gasteiger partial charge on any atom is 0.411 e. The van der Waals surface area contributed by atoms with Crippen molar-refractivity contribution in [2.75, 3.05) is 13.1 Å². The molecule has 0 unspecified atom stereocenters. The summed E-state index contributed by atoms with van der Waals surface area (Å²) in [5.41, 5.74) is 1.25. The molecule has 5 heteroatoms. The minimum Gasteiger partial charge on any atom is -0.465 e. The lowest BCUT2D eigenvalue weighted by molar-refractivity contribution is -0.114. The maximum absolute atomic E-state index is 11.4. The van der Waals surface area contributed by atoms with E-state index in [-0.39, 0.29) is 18.9 Å². The molecule has 0 saturated heterocycles. The van der Waals surface area contributed by atoms with Gasteiger partial charge in [-0.3, -0.25) is 14.7 Å². The highest BCUT2D eigenvalue weighted by Crippen LogP contribution is 2.17. The van der Waals surface area contributed by atoms with Gasteiger partial charge in [0, 0.05) is 23.6 Å². The summed E-state index contributed by atoms with van der Waals surface area (Å²) in [6.07, 6.45) is 3.58. The van der Waals surface area contributed by atoms with Gasteiger partial charge in [0.25, 0.3) is 0 Å². The number of Topliss-reactive ketones (excluding diaryl/α,β-unsaturated/α-hetero) is 1. The molecular weight excluding hydrogens is 184 g/mol. The summed E-state index contributed by atoms with van der Waals surface area (Å²) < 4.78 is 0. The Hall–Kier alpha value is -1.91. The van der Waals surface area contributed by atoms with Crippen LogP contribution in [0.15, 0.2) is 28.4 Å². The van der Waals surface area contributed by atoms with Gasteiger partial charge >= 0.3 is 6.09 Å². The fraction of sp³-hybridized carbons (Fsp3) is 0.222. The van der Waals surface area contributed by atoms with Crippen LogP contribution >= 0.6 is 0 Å². The molecular formula is C9H8N2O3. The second kappa shape index (κ2) is 3.10. The molecule has 0 saturated carbocycles. The molecule has 0 aliphatic carbocycles. The number of ketones is 1. The Balaban J connectivity index is 2.30. The zero-order valence-electron chi connectivity index (χ0n) is 7.30. The van der Waals surface area contributed by atoms with Gasteiger partial charge in [0.2, 0.25) is 0 Å². The molecule has 0 bridgehead atoms. The zero-order chi connectivity index (χ0) is 10.1. The molecule has 5 nitrogen and oxygen atoms in total. The van der Waals surface area contributed by atoms with Crippen molar-refractivity contribution in [2.45, 2.75) is 0 Å². The van der Waals surface area contributed by atoms with E-state index in [1.807, 2.05) is 0 Å². The molecule has 0 aromatic carbocycles. The Morgan fingerprint density at radius 3 is 3.07 bits per heavy atom. The molecule has 0 atom stereocenters. The summed E-state index contributed by atoms with van der Waals surface area (Å²) in [5, 5.41) is 8.72. The van der Waals surface area contributed by atoms with Crippen molar-refractivity contribution in [3.63, 3.8) is 0 Å². The first-order valence-electron chi connectivity index (χ1n) is 4.12. The molecule has 1 amide bonds. The van der Waals surface area contributed by atoms with E-state index >= 15 is 0 Å². The quantitative estimate of drug-likeness (QED) is 0.605. The summed E-state index contributed by atoms with van der Waals surface area (Å²) in [7, 11) is 0. The number of allylic oxidation sites excluding steroid dienone is 2. The second-order valence-corrected chi connectivity index (χ2v) is 3.05. The SMILES string of the molecule is O=C1CN=CC2=C1CN(C(=O)O)C=C2. The molecule has 0 aromatic rings. The third kappa shape index (κ3) is 1.32. The fourth-order valence-electron chi connectivity index (χ4n) is 1.41. The van der Waals surface area contributed by atoms with E-state index in [1.165, 1.54) is 6.20 Å². The molecule has 0 aromatic heterocycles. The van der Waals surface area contributed by atoms with Gasteiger partial charge in [-0.1, -0.05) is 0 Å². The second-order valence-electron chi connectivity index (χ2n) is 3.05. The van der Waals surface area contributed by atoms with E-state index in [4.69, 9.17) is 5.11 Å². The van der Waals surface area contributed by atoms with E-state index in [1.54, 1.807) is 12.3 Å². The minimum absolute atomic E-state index is 0.0990. The fourth-order valence-corrected chi connectivity index (χ4v) is 1.41. The third-order valence-electron chi connectivity index (χ3n) is 2.16. The van der Waals surface area contributed by atoms with E-state index < -0.39 is 6.09 Å². The Morgan fingerprint density at radius 2 is 2.36 bits per heavy atom. The zero-order valence-corrected chi connectivity index (χ0v) is 7.30. The van der Waals surface area contributed by atoms with Crippen LogP contribution in [0.2, 0.25) is 0 Å². The predicted octanol–water partition coefficient (Wildman–Crippen LogP) is 0.444. The summed E-state index contributed by atoms with van der Waals surface area (Å²) in [6.45, 7) is 0.256. The van der Waals surface area contributed by atoms with Crippen molar-refractivity contribution in [1.82, 2.24) is 4.90 Å². The van der Waals surface area contributed by atoms with Gasteiger partial charge in [-0.2, -0.15) is 0 Å². The van der Waals surface area contributed by atoms with Crippen LogP contribution in [-0.4, -0.2) is 41.2 Å². The number of amides is 1. The first-order valence-corrected chi connectivity index (χ1v) is 4.12. The number of carbonyl (C=O) groups is 2. The molecule has 2 rings (SSSR count).